The van der Waals surface area contributed by atoms with Crippen LogP contribution in [0, 0.1) is 11.6 Å². The standard InChI is InChI=1S/C12H10F2OS/c13-10-3-4-12(14)9(6-10)7-16-8-11-2-1-5-15-11/h1-6H,7-8H2. The van der Waals surface area contributed by atoms with Gasteiger partial charge in [0, 0.05) is 11.3 Å². The molecule has 4 heteroatoms. The average Bonchev–Trinajstić information content (AvgIpc) is 2.76. The Labute approximate surface area is 96.5 Å². The third-order valence-corrected chi connectivity index (χ3v) is 3.09. The van der Waals surface area contributed by atoms with Crippen molar-refractivity contribution in [1.29, 1.82) is 0 Å². The van der Waals surface area contributed by atoms with Crippen LogP contribution in [0.2, 0.25) is 0 Å². The normalized spacial score (nSPS) is 10.6. The van der Waals surface area contributed by atoms with E-state index < -0.39 is 5.82 Å². The third-order valence-electron chi connectivity index (χ3n) is 2.09. The minimum absolute atomic E-state index is 0.367. The van der Waals surface area contributed by atoms with Gasteiger partial charge >= 0.3 is 0 Å². The van der Waals surface area contributed by atoms with Crippen LogP contribution in [0.25, 0.3) is 0 Å². The summed E-state index contributed by atoms with van der Waals surface area (Å²) in [7, 11) is 0. The van der Waals surface area contributed by atoms with Gasteiger partial charge in [0.1, 0.15) is 17.4 Å². The number of benzene rings is 1. The highest BCUT2D eigenvalue weighted by atomic mass is 32.2. The predicted octanol–water partition coefficient (Wildman–Crippen LogP) is 3.99. The van der Waals surface area contributed by atoms with Gasteiger partial charge in [-0.2, -0.15) is 0 Å². The Morgan fingerprint density at radius 2 is 2.00 bits per heavy atom. The highest BCUT2D eigenvalue weighted by Crippen LogP contribution is 2.20. The summed E-state index contributed by atoms with van der Waals surface area (Å²) in [4.78, 5) is 0. The molecule has 0 unspecified atom stereocenters. The van der Waals surface area contributed by atoms with E-state index in [1.165, 1.54) is 17.8 Å². The molecule has 0 saturated heterocycles. The number of halogens is 2. The largest absolute Gasteiger partial charge is 0.468 e. The Morgan fingerprint density at radius 1 is 1.12 bits per heavy atom. The van der Waals surface area contributed by atoms with E-state index in [0.717, 1.165) is 17.9 Å². The van der Waals surface area contributed by atoms with Gasteiger partial charge in [0.15, 0.2) is 0 Å². The molecule has 0 amide bonds. The van der Waals surface area contributed by atoms with Crippen LogP contribution in [0.1, 0.15) is 11.3 Å². The molecule has 0 aliphatic heterocycles. The molecule has 16 heavy (non-hydrogen) atoms. The first-order chi connectivity index (χ1) is 7.75. The molecule has 0 N–H and O–H groups in total. The van der Waals surface area contributed by atoms with E-state index in [0.29, 0.717) is 17.1 Å². The molecule has 0 atom stereocenters. The zero-order valence-electron chi connectivity index (χ0n) is 8.45. The first kappa shape index (κ1) is 11.2. The molecule has 1 aromatic heterocycles. The summed E-state index contributed by atoms with van der Waals surface area (Å²) in [5.74, 6) is 1.15. The molecule has 0 aliphatic carbocycles. The van der Waals surface area contributed by atoms with E-state index in [2.05, 4.69) is 0 Å². The van der Waals surface area contributed by atoms with Gasteiger partial charge in [-0.05, 0) is 30.3 Å². The fraction of sp³-hybridized carbons (Fsp3) is 0.167. The average molecular weight is 240 g/mol. The molecular weight excluding hydrogens is 230 g/mol. The van der Waals surface area contributed by atoms with E-state index in [-0.39, 0.29) is 5.82 Å². The van der Waals surface area contributed by atoms with E-state index in [4.69, 9.17) is 4.42 Å². The van der Waals surface area contributed by atoms with Crippen molar-refractivity contribution >= 4 is 11.8 Å². The molecule has 1 heterocycles. The van der Waals surface area contributed by atoms with Crippen molar-refractivity contribution in [2.45, 2.75) is 11.5 Å². The molecule has 0 bridgehead atoms. The second-order valence-corrected chi connectivity index (χ2v) is 4.29. The molecule has 0 fully saturated rings. The summed E-state index contributed by atoms with van der Waals surface area (Å²) in [5.41, 5.74) is 0.386. The maximum atomic E-state index is 13.2. The van der Waals surface area contributed by atoms with Crippen molar-refractivity contribution in [3.63, 3.8) is 0 Å². The highest BCUT2D eigenvalue weighted by molar-refractivity contribution is 7.97. The summed E-state index contributed by atoms with van der Waals surface area (Å²) in [5, 5.41) is 0. The van der Waals surface area contributed by atoms with Crippen molar-refractivity contribution in [2.75, 3.05) is 0 Å². The van der Waals surface area contributed by atoms with Gasteiger partial charge in [-0.15, -0.1) is 11.8 Å². The van der Waals surface area contributed by atoms with Crippen molar-refractivity contribution in [1.82, 2.24) is 0 Å². The second-order valence-electron chi connectivity index (χ2n) is 3.31. The van der Waals surface area contributed by atoms with Crippen LogP contribution < -0.4 is 0 Å². The highest BCUT2D eigenvalue weighted by Gasteiger charge is 2.04. The van der Waals surface area contributed by atoms with Crippen LogP contribution >= 0.6 is 11.8 Å². The number of furan rings is 1. The van der Waals surface area contributed by atoms with Crippen LogP contribution in [0.4, 0.5) is 8.78 Å². The SMILES string of the molecule is Fc1ccc(F)c(CSCc2ccco2)c1. The zero-order chi connectivity index (χ0) is 11.4. The molecule has 2 rings (SSSR count). The summed E-state index contributed by atoms with van der Waals surface area (Å²) < 4.78 is 31.2. The lowest BCUT2D eigenvalue weighted by molar-refractivity contribution is 0.530. The van der Waals surface area contributed by atoms with Crippen molar-refractivity contribution < 1.29 is 13.2 Å². The molecule has 0 saturated carbocycles. The van der Waals surface area contributed by atoms with E-state index in [9.17, 15) is 8.78 Å². The van der Waals surface area contributed by atoms with Crippen molar-refractivity contribution in [2.24, 2.45) is 0 Å². The Hall–Kier alpha value is -1.29. The summed E-state index contributed by atoms with van der Waals surface area (Å²) in [6.07, 6.45) is 1.60. The second kappa shape index (κ2) is 5.16. The van der Waals surface area contributed by atoms with Crippen molar-refractivity contribution in [3.8, 4) is 0 Å². The predicted molar refractivity (Wildman–Crippen MR) is 60.1 cm³/mol. The van der Waals surface area contributed by atoms with Crippen LogP contribution in [0.15, 0.2) is 41.0 Å². The Morgan fingerprint density at radius 3 is 2.75 bits per heavy atom. The van der Waals surface area contributed by atoms with Crippen LogP contribution in [-0.4, -0.2) is 0 Å². The lowest BCUT2D eigenvalue weighted by Crippen LogP contribution is -1.89. The smallest absolute Gasteiger partial charge is 0.127 e. The minimum Gasteiger partial charge on any atom is -0.468 e. The summed E-state index contributed by atoms with van der Waals surface area (Å²) in [6.45, 7) is 0. The van der Waals surface area contributed by atoms with Gasteiger partial charge < -0.3 is 4.42 Å². The maximum absolute atomic E-state index is 13.2. The van der Waals surface area contributed by atoms with Gasteiger partial charge in [0.25, 0.3) is 0 Å². The molecule has 1 nitrogen and oxygen atoms in total. The fourth-order valence-corrected chi connectivity index (χ4v) is 2.22. The topological polar surface area (TPSA) is 13.1 Å². The van der Waals surface area contributed by atoms with Crippen molar-refractivity contribution in [3.05, 3.63) is 59.6 Å². The summed E-state index contributed by atoms with van der Waals surface area (Å²) >= 11 is 1.49. The lowest BCUT2D eigenvalue weighted by atomic mass is 10.2. The van der Waals surface area contributed by atoms with Crippen LogP contribution in [0.3, 0.4) is 0 Å². The Bertz CT molecular complexity index is 454. The molecule has 1 aromatic carbocycles. The van der Waals surface area contributed by atoms with Crippen LogP contribution in [0.5, 0.6) is 0 Å². The van der Waals surface area contributed by atoms with E-state index >= 15 is 0 Å². The Kier molecular flexibility index (Phi) is 3.62. The van der Waals surface area contributed by atoms with E-state index in [1.807, 2.05) is 6.07 Å². The molecule has 84 valence electrons. The number of thioether (sulfide) groups is 1. The van der Waals surface area contributed by atoms with E-state index in [1.54, 1.807) is 12.3 Å². The Balaban J connectivity index is 1.92. The number of hydrogen-bond acceptors (Lipinski definition) is 2. The quantitative estimate of drug-likeness (QED) is 0.801. The molecular formula is C12H10F2OS. The zero-order valence-corrected chi connectivity index (χ0v) is 9.27. The lowest BCUT2D eigenvalue weighted by Gasteiger charge is -2.02. The van der Waals surface area contributed by atoms with Gasteiger partial charge in [0.05, 0.1) is 12.0 Å². The van der Waals surface area contributed by atoms with Gasteiger partial charge in [-0.1, -0.05) is 0 Å². The molecule has 2 aromatic rings. The van der Waals surface area contributed by atoms with Crippen LogP contribution in [-0.2, 0) is 11.5 Å². The number of rotatable bonds is 4. The third kappa shape index (κ3) is 2.85. The van der Waals surface area contributed by atoms with Gasteiger partial charge in [-0.3, -0.25) is 0 Å². The molecule has 0 aliphatic rings. The van der Waals surface area contributed by atoms with Gasteiger partial charge in [0.2, 0.25) is 0 Å². The number of hydrogen-bond donors (Lipinski definition) is 0. The molecule has 0 spiro atoms. The minimum atomic E-state index is -0.407. The summed E-state index contributed by atoms with van der Waals surface area (Å²) in [6, 6.07) is 7.16. The fourth-order valence-electron chi connectivity index (χ4n) is 1.31. The molecule has 0 radical (unpaired) electrons. The maximum Gasteiger partial charge on any atom is 0.127 e. The monoisotopic (exact) mass is 240 g/mol. The first-order valence-corrected chi connectivity index (χ1v) is 5.95. The van der Waals surface area contributed by atoms with Gasteiger partial charge in [-0.25, -0.2) is 8.78 Å². The first-order valence-electron chi connectivity index (χ1n) is 4.80.